The van der Waals surface area contributed by atoms with Gasteiger partial charge in [0.05, 0.1) is 18.7 Å². The van der Waals surface area contributed by atoms with E-state index in [4.69, 9.17) is 10.00 Å². The van der Waals surface area contributed by atoms with Gasteiger partial charge in [-0.05, 0) is 23.8 Å². The molecule has 0 amide bonds. The first kappa shape index (κ1) is 11.1. The average Bonchev–Trinajstić information content (AvgIpc) is 2.38. The first-order valence-corrected chi connectivity index (χ1v) is 4.94. The Labute approximate surface area is 98.1 Å². The molecule has 0 spiro atoms. The normalized spacial score (nSPS) is 9.71. The molecule has 0 bridgehead atoms. The highest BCUT2D eigenvalue weighted by molar-refractivity contribution is 5.70. The predicted molar refractivity (Wildman–Crippen MR) is 60.9 cm³/mol. The third-order valence-electron chi connectivity index (χ3n) is 2.40. The summed E-state index contributed by atoms with van der Waals surface area (Å²) in [6.07, 6.45) is 3.07. The van der Waals surface area contributed by atoms with Gasteiger partial charge in [-0.3, -0.25) is 4.98 Å². The van der Waals surface area contributed by atoms with Crippen molar-refractivity contribution in [3.8, 4) is 22.9 Å². The standard InChI is InChI=1S/C13H9FN2O/c1-17-13-3-2-9(6-12(13)14)11-8-16-5-4-10(11)7-15/h2-6,8H,1H3. The first-order chi connectivity index (χ1) is 8.26. The lowest BCUT2D eigenvalue weighted by molar-refractivity contribution is 0.386. The molecule has 0 unspecified atom stereocenters. The van der Waals surface area contributed by atoms with Crippen molar-refractivity contribution in [3.63, 3.8) is 0 Å². The van der Waals surface area contributed by atoms with Gasteiger partial charge in [-0.15, -0.1) is 0 Å². The van der Waals surface area contributed by atoms with Crippen LogP contribution in [0.5, 0.6) is 5.75 Å². The van der Waals surface area contributed by atoms with Crippen molar-refractivity contribution in [3.05, 3.63) is 48.0 Å². The summed E-state index contributed by atoms with van der Waals surface area (Å²) in [5.41, 5.74) is 1.68. The van der Waals surface area contributed by atoms with Gasteiger partial charge in [0.1, 0.15) is 0 Å². The molecule has 0 aliphatic carbocycles. The molecule has 0 aliphatic heterocycles. The van der Waals surface area contributed by atoms with Crippen molar-refractivity contribution in [1.82, 2.24) is 4.98 Å². The molecule has 0 saturated carbocycles. The summed E-state index contributed by atoms with van der Waals surface area (Å²) in [5.74, 6) is -0.283. The van der Waals surface area contributed by atoms with Crippen LogP contribution in [-0.4, -0.2) is 12.1 Å². The van der Waals surface area contributed by atoms with Gasteiger partial charge in [0.25, 0.3) is 0 Å². The minimum atomic E-state index is -0.460. The molecule has 0 aliphatic rings. The fourth-order valence-corrected chi connectivity index (χ4v) is 1.56. The second kappa shape index (κ2) is 4.62. The smallest absolute Gasteiger partial charge is 0.165 e. The third-order valence-corrected chi connectivity index (χ3v) is 2.40. The average molecular weight is 228 g/mol. The van der Waals surface area contributed by atoms with Gasteiger partial charge < -0.3 is 4.74 Å². The first-order valence-electron chi connectivity index (χ1n) is 4.94. The van der Waals surface area contributed by atoms with Crippen LogP contribution in [0.15, 0.2) is 36.7 Å². The Morgan fingerprint density at radius 1 is 1.35 bits per heavy atom. The Balaban J connectivity index is 2.54. The zero-order chi connectivity index (χ0) is 12.3. The second-order valence-corrected chi connectivity index (χ2v) is 3.38. The number of benzene rings is 1. The molecule has 0 atom stereocenters. The molecule has 3 nitrogen and oxygen atoms in total. The van der Waals surface area contributed by atoms with Crippen molar-refractivity contribution in [2.24, 2.45) is 0 Å². The van der Waals surface area contributed by atoms with E-state index in [0.717, 1.165) is 0 Å². The van der Waals surface area contributed by atoms with E-state index in [9.17, 15) is 4.39 Å². The summed E-state index contributed by atoms with van der Waals surface area (Å²) < 4.78 is 18.4. The van der Waals surface area contributed by atoms with Crippen LogP contribution >= 0.6 is 0 Å². The number of pyridine rings is 1. The SMILES string of the molecule is COc1ccc(-c2cnccc2C#N)cc1F. The van der Waals surface area contributed by atoms with Crippen LogP contribution in [0, 0.1) is 17.1 Å². The number of halogens is 1. The summed E-state index contributed by atoms with van der Waals surface area (Å²) in [5, 5.41) is 8.95. The van der Waals surface area contributed by atoms with Gasteiger partial charge in [-0.25, -0.2) is 4.39 Å². The highest BCUT2D eigenvalue weighted by Gasteiger charge is 2.08. The van der Waals surface area contributed by atoms with Crippen LogP contribution in [0.25, 0.3) is 11.1 Å². The van der Waals surface area contributed by atoms with Gasteiger partial charge in [-0.2, -0.15) is 5.26 Å². The summed E-state index contributed by atoms with van der Waals surface area (Å²) >= 11 is 0. The van der Waals surface area contributed by atoms with Crippen LogP contribution in [0.1, 0.15) is 5.56 Å². The van der Waals surface area contributed by atoms with Gasteiger partial charge in [-0.1, -0.05) is 6.07 Å². The number of hydrogen-bond acceptors (Lipinski definition) is 3. The number of rotatable bonds is 2. The van der Waals surface area contributed by atoms with E-state index in [0.29, 0.717) is 16.7 Å². The Hall–Kier alpha value is -2.41. The molecule has 0 radical (unpaired) electrons. The topological polar surface area (TPSA) is 45.9 Å². The molecule has 1 aromatic carbocycles. The highest BCUT2D eigenvalue weighted by Crippen LogP contribution is 2.26. The van der Waals surface area contributed by atoms with Gasteiger partial charge in [0.15, 0.2) is 11.6 Å². The Kier molecular flexibility index (Phi) is 3.01. The van der Waals surface area contributed by atoms with E-state index in [2.05, 4.69) is 4.98 Å². The minimum Gasteiger partial charge on any atom is -0.494 e. The lowest BCUT2D eigenvalue weighted by atomic mass is 10.0. The zero-order valence-corrected chi connectivity index (χ0v) is 9.14. The van der Waals surface area contributed by atoms with Crippen molar-refractivity contribution in [2.75, 3.05) is 7.11 Å². The molecule has 0 saturated heterocycles. The minimum absolute atomic E-state index is 0.177. The molecule has 4 heteroatoms. The van der Waals surface area contributed by atoms with E-state index in [-0.39, 0.29) is 5.75 Å². The number of nitriles is 1. The summed E-state index contributed by atoms with van der Waals surface area (Å²) in [7, 11) is 1.41. The molecule has 1 heterocycles. The summed E-state index contributed by atoms with van der Waals surface area (Å²) in [6.45, 7) is 0. The van der Waals surface area contributed by atoms with Crippen LogP contribution in [0.4, 0.5) is 4.39 Å². The molecule has 1 aromatic heterocycles. The van der Waals surface area contributed by atoms with E-state index in [1.165, 1.54) is 25.4 Å². The fraction of sp³-hybridized carbons (Fsp3) is 0.0769. The molecule has 0 fully saturated rings. The van der Waals surface area contributed by atoms with E-state index in [1.54, 1.807) is 18.3 Å². The van der Waals surface area contributed by atoms with Gasteiger partial charge in [0, 0.05) is 18.0 Å². The molecule has 0 N–H and O–H groups in total. The molecule has 2 rings (SSSR count). The van der Waals surface area contributed by atoms with Crippen LogP contribution < -0.4 is 4.74 Å². The van der Waals surface area contributed by atoms with E-state index >= 15 is 0 Å². The van der Waals surface area contributed by atoms with Gasteiger partial charge >= 0.3 is 0 Å². The Morgan fingerprint density at radius 3 is 2.82 bits per heavy atom. The largest absolute Gasteiger partial charge is 0.494 e. The summed E-state index contributed by atoms with van der Waals surface area (Å²) in [6, 6.07) is 8.19. The fourth-order valence-electron chi connectivity index (χ4n) is 1.56. The quantitative estimate of drug-likeness (QED) is 0.793. The monoisotopic (exact) mass is 228 g/mol. The van der Waals surface area contributed by atoms with Crippen molar-refractivity contribution >= 4 is 0 Å². The van der Waals surface area contributed by atoms with E-state index in [1.807, 2.05) is 6.07 Å². The van der Waals surface area contributed by atoms with Gasteiger partial charge in [0.2, 0.25) is 0 Å². The maximum Gasteiger partial charge on any atom is 0.165 e. The number of methoxy groups -OCH3 is 1. The van der Waals surface area contributed by atoms with Crippen molar-refractivity contribution in [2.45, 2.75) is 0 Å². The lowest BCUT2D eigenvalue weighted by Gasteiger charge is -2.06. The predicted octanol–water partition coefficient (Wildman–Crippen LogP) is 2.77. The zero-order valence-electron chi connectivity index (χ0n) is 9.14. The van der Waals surface area contributed by atoms with Crippen molar-refractivity contribution in [1.29, 1.82) is 5.26 Å². The van der Waals surface area contributed by atoms with Crippen LogP contribution in [0.2, 0.25) is 0 Å². The molecule has 2 aromatic rings. The van der Waals surface area contributed by atoms with Crippen LogP contribution in [0.3, 0.4) is 0 Å². The number of nitrogens with zero attached hydrogens (tertiary/aromatic N) is 2. The lowest BCUT2D eigenvalue weighted by Crippen LogP contribution is -1.90. The van der Waals surface area contributed by atoms with Crippen molar-refractivity contribution < 1.29 is 9.13 Å². The Bertz CT molecular complexity index is 590. The van der Waals surface area contributed by atoms with E-state index < -0.39 is 5.82 Å². The maximum absolute atomic E-state index is 13.5. The highest BCUT2D eigenvalue weighted by atomic mass is 19.1. The number of ether oxygens (including phenoxy) is 1. The number of aromatic nitrogens is 1. The third kappa shape index (κ3) is 2.08. The Morgan fingerprint density at radius 2 is 2.18 bits per heavy atom. The summed E-state index contributed by atoms with van der Waals surface area (Å²) in [4.78, 5) is 3.94. The van der Waals surface area contributed by atoms with Crippen LogP contribution in [-0.2, 0) is 0 Å². The molecule has 84 valence electrons. The number of hydrogen-bond donors (Lipinski definition) is 0. The molecular weight excluding hydrogens is 219 g/mol. The molecular formula is C13H9FN2O. The maximum atomic E-state index is 13.5. The second-order valence-electron chi connectivity index (χ2n) is 3.38. The molecule has 17 heavy (non-hydrogen) atoms.